The van der Waals surface area contributed by atoms with Crippen LogP contribution in [0.25, 0.3) is 0 Å². The van der Waals surface area contributed by atoms with Gasteiger partial charge in [-0.05, 0) is 135 Å². The first-order valence-corrected chi connectivity index (χ1v) is 43.9. The fraction of sp³-hybridized carbons (Fsp3) is 0.378. The van der Waals surface area contributed by atoms with E-state index in [9.17, 15) is 72.5 Å². The van der Waals surface area contributed by atoms with Crippen molar-refractivity contribution in [1.82, 2.24) is 58.5 Å². The Labute approximate surface area is 745 Å². The third-order valence-electron chi connectivity index (χ3n) is 22.2. The van der Waals surface area contributed by atoms with Crippen molar-refractivity contribution in [2.45, 2.75) is 216 Å². The molecule has 8 aromatic rings. The lowest BCUT2D eigenvalue weighted by Gasteiger charge is -2.28. The number of nitrogens with one attached hydrogen (secondary N) is 13. The highest BCUT2D eigenvalue weighted by Crippen LogP contribution is 2.41. The summed E-state index contributed by atoms with van der Waals surface area (Å²) in [6.45, 7) is 4.91. The van der Waals surface area contributed by atoms with Gasteiger partial charge in [-0.3, -0.25) is 62.3 Å². The molecule has 0 spiro atoms. The van der Waals surface area contributed by atoms with E-state index in [1.807, 2.05) is 72.8 Å². The maximum atomic E-state index is 14.2. The Morgan fingerprint density at radius 3 is 0.953 bits per heavy atom. The molecule has 0 bridgehead atoms. The van der Waals surface area contributed by atoms with Crippen LogP contribution in [0.3, 0.4) is 0 Å². The number of para-hydroxylation sites is 2. The van der Waals surface area contributed by atoms with Gasteiger partial charge in [-0.2, -0.15) is 0 Å². The van der Waals surface area contributed by atoms with E-state index in [0.717, 1.165) is 28.7 Å². The van der Waals surface area contributed by atoms with Crippen LogP contribution in [0.2, 0.25) is 0 Å². The van der Waals surface area contributed by atoms with Crippen LogP contribution >= 0.6 is 0 Å². The number of rotatable bonds is 53. The van der Waals surface area contributed by atoms with Crippen molar-refractivity contribution < 1.29 is 82.0 Å². The number of aliphatic hydroxyl groups is 2. The third kappa shape index (κ3) is 30.9. The molecular formula is C98H117N13O17. The molecule has 0 aliphatic carbocycles. The Balaban J connectivity index is 0.586. The molecule has 676 valence electrons. The van der Waals surface area contributed by atoms with E-state index in [4.69, 9.17) is 9.47 Å². The number of hydrogen-bond acceptors (Lipinski definition) is 17. The molecule has 8 aromatic carbocycles. The maximum Gasteiger partial charge on any atom is 0.261 e. The lowest BCUT2D eigenvalue weighted by Crippen LogP contribution is -2.57. The summed E-state index contributed by atoms with van der Waals surface area (Å²) in [4.78, 5) is 176. The van der Waals surface area contributed by atoms with Gasteiger partial charge in [0.15, 0.2) is 11.2 Å². The topological polar surface area (TPSA) is 437 Å². The molecule has 2 aliphatic heterocycles. The van der Waals surface area contributed by atoms with E-state index in [0.29, 0.717) is 144 Å². The van der Waals surface area contributed by atoms with Crippen LogP contribution in [-0.2, 0) is 113 Å². The fourth-order valence-corrected chi connectivity index (χ4v) is 14.8. The molecule has 0 saturated carbocycles. The maximum absolute atomic E-state index is 14.2. The van der Waals surface area contributed by atoms with Crippen LogP contribution in [0.15, 0.2) is 218 Å². The van der Waals surface area contributed by atoms with Crippen molar-refractivity contribution in [3.05, 3.63) is 263 Å². The van der Waals surface area contributed by atoms with E-state index in [-0.39, 0.29) is 74.0 Å². The summed E-state index contributed by atoms with van der Waals surface area (Å²) < 4.78 is 11.9. The molecule has 10 rings (SSSR count). The number of hydrogen-bond donors (Lipinski definition) is 15. The Morgan fingerprint density at radius 1 is 0.305 bits per heavy atom. The molecule has 30 nitrogen and oxygen atoms in total. The molecule has 8 atom stereocenters. The molecule has 0 aromatic heterocycles. The minimum absolute atomic E-state index is 0.0124. The first-order valence-electron chi connectivity index (χ1n) is 43.9. The second-order valence-corrected chi connectivity index (χ2v) is 32.3. The summed E-state index contributed by atoms with van der Waals surface area (Å²) in [6.07, 6.45) is 6.10. The second kappa shape index (κ2) is 49.9. The molecule has 0 saturated heterocycles. The summed E-state index contributed by atoms with van der Waals surface area (Å²) in [5.41, 5.74) is 1.63. The molecule has 13 amide bonds. The van der Waals surface area contributed by atoms with Gasteiger partial charge >= 0.3 is 0 Å². The van der Waals surface area contributed by atoms with Gasteiger partial charge in [0, 0.05) is 113 Å². The van der Waals surface area contributed by atoms with Crippen LogP contribution in [0.5, 0.6) is 11.5 Å². The standard InChI is InChI=1S/C98H117N13O17/c1-66(89(117)108-82(91(119)102-62-70-30-10-3-11-31-70)60-97(125)76-38-21-23-40-78(76)110-95(97)123)104-93(121)80(58-68-47-51-74(52-48-68)127-64-72-34-14-5-15-35-72)106-87(115)45-20-9-29-57-100-85(113)43-18-7-27-55-99-84(112)42-19-8-28-56-101-86(114)44-25-26-46-88(116)107-81(59-69-49-53-75(54-50-69)128-65-73-36-16-6-17-37-73)94(122)105-67(2)90(118)109-83(92(120)103-63-71-32-12-4-13-33-71)61-98(126)77-39-22-24-41-79(77)111-96(98)124/h3-6,10-17,21-24,30-41,47-54,66-67,80-83,125-126H,7-9,18-20,25-29,42-46,55-65H2,1-2H3,(H,99,112)(H,100,113)(H,101,114)(H,102,119)(H,103,120)(H,104,121)(H,105,122)(H,106,115)(H,107,116)(H,108,117)(H,109,118)(H,110,123)(H,111,124)/t66-,67-,80-,81-,82?,83?,97-,98-/m0/s1. The highest BCUT2D eigenvalue weighted by atomic mass is 16.5. The molecule has 2 heterocycles. The highest BCUT2D eigenvalue weighted by Gasteiger charge is 2.50. The van der Waals surface area contributed by atoms with E-state index < -0.39 is 119 Å². The second-order valence-electron chi connectivity index (χ2n) is 32.3. The largest absolute Gasteiger partial charge is 0.489 e. The SMILES string of the molecule is C[C@H](NC(=O)[C@H](Cc1ccc(OCc2ccccc2)cc1)NC(=O)CCCCCNC(=O)CCCCCNC(=O)CCCCCNC(=O)CCCCC(=O)N[C@@H](Cc1ccc(OCc2ccccc2)cc1)C(=O)N[C@@H](C)C(=O)NC(C[C@@]1(O)C(=O)Nc2ccccc21)C(=O)NCc1ccccc1)C(=O)NC(C[C@@]1(O)C(=O)Nc2ccccc21)C(=O)NCc1ccccc1. The van der Waals surface area contributed by atoms with E-state index in [2.05, 4.69) is 69.1 Å². The first kappa shape index (κ1) is 96.6. The zero-order valence-electron chi connectivity index (χ0n) is 72.4. The molecule has 30 heteroatoms. The number of ether oxygens (including phenoxy) is 2. The number of amides is 13. The fourth-order valence-electron chi connectivity index (χ4n) is 14.8. The van der Waals surface area contributed by atoms with Crippen molar-refractivity contribution in [3.8, 4) is 11.5 Å². The molecule has 2 aliphatic rings. The summed E-state index contributed by atoms with van der Waals surface area (Å²) in [5.74, 6) is -6.02. The van der Waals surface area contributed by atoms with E-state index in [1.165, 1.54) is 13.8 Å². The summed E-state index contributed by atoms with van der Waals surface area (Å²) >= 11 is 0. The molecular weight excluding hydrogens is 1630 g/mol. The predicted molar refractivity (Wildman–Crippen MR) is 481 cm³/mol. The minimum atomic E-state index is -2.19. The van der Waals surface area contributed by atoms with Gasteiger partial charge in [0.1, 0.15) is 61.0 Å². The van der Waals surface area contributed by atoms with Crippen molar-refractivity contribution in [2.75, 3.05) is 30.3 Å². The van der Waals surface area contributed by atoms with Crippen molar-refractivity contribution in [2.24, 2.45) is 0 Å². The van der Waals surface area contributed by atoms with Crippen LogP contribution in [0.4, 0.5) is 11.4 Å². The lowest BCUT2D eigenvalue weighted by molar-refractivity contribution is -0.139. The predicted octanol–water partition coefficient (Wildman–Crippen LogP) is 8.26. The average molecular weight is 1750 g/mol. The number of carbonyl (C=O) groups excluding carboxylic acids is 13. The summed E-state index contributed by atoms with van der Waals surface area (Å²) in [7, 11) is 0. The van der Waals surface area contributed by atoms with Gasteiger partial charge < -0.3 is 88.8 Å². The number of unbranched alkanes of at least 4 members (excludes halogenated alkanes) is 7. The van der Waals surface area contributed by atoms with Gasteiger partial charge in [-0.1, -0.05) is 201 Å². The number of benzene rings is 8. The van der Waals surface area contributed by atoms with Crippen LogP contribution in [0.1, 0.15) is 174 Å². The number of fused-ring (bicyclic) bond motifs is 2. The monoisotopic (exact) mass is 1750 g/mol. The number of carbonyl (C=O) groups is 13. The zero-order chi connectivity index (χ0) is 91.1. The Bertz CT molecular complexity index is 5030. The van der Waals surface area contributed by atoms with Gasteiger partial charge in [0.25, 0.3) is 11.8 Å². The zero-order valence-corrected chi connectivity index (χ0v) is 72.4. The molecule has 0 fully saturated rings. The van der Waals surface area contributed by atoms with Gasteiger partial charge in [0.2, 0.25) is 65.0 Å². The van der Waals surface area contributed by atoms with Gasteiger partial charge in [-0.15, -0.1) is 0 Å². The van der Waals surface area contributed by atoms with Crippen LogP contribution in [-0.4, -0.2) is 143 Å². The summed E-state index contributed by atoms with van der Waals surface area (Å²) in [6, 6.07) is 56.6. The first-order chi connectivity index (χ1) is 61.9. The normalized spacial score (nSPS) is 15.5. The van der Waals surface area contributed by atoms with Crippen molar-refractivity contribution in [1.29, 1.82) is 0 Å². The van der Waals surface area contributed by atoms with Gasteiger partial charge in [-0.25, -0.2) is 0 Å². The smallest absolute Gasteiger partial charge is 0.261 e. The molecule has 2 unspecified atom stereocenters. The Morgan fingerprint density at radius 2 is 0.609 bits per heavy atom. The van der Waals surface area contributed by atoms with Crippen LogP contribution < -0.4 is 78.6 Å². The van der Waals surface area contributed by atoms with E-state index >= 15 is 0 Å². The Hall–Kier alpha value is -13.6. The quantitative estimate of drug-likeness (QED) is 0.0159. The van der Waals surface area contributed by atoms with E-state index in [1.54, 1.807) is 146 Å². The van der Waals surface area contributed by atoms with Crippen LogP contribution in [0, 0.1) is 0 Å². The third-order valence-corrected chi connectivity index (χ3v) is 22.2. The molecule has 0 radical (unpaired) electrons. The lowest BCUT2D eigenvalue weighted by atomic mass is 9.88. The molecule has 128 heavy (non-hydrogen) atoms. The minimum Gasteiger partial charge on any atom is -0.489 e. The average Bonchev–Trinajstić information content (AvgIpc) is 1.61. The van der Waals surface area contributed by atoms with Crippen molar-refractivity contribution in [3.63, 3.8) is 0 Å². The van der Waals surface area contributed by atoms with Gasteiger partial charge in [0.05, 0.1) is 0 Å². The number of anilines is 2. The molecule has 15 N–H and O–H groups in total. The van der Waals surface area contributed by atoms with Crippen molar-refractivity contribution >= 4 is 88.2 Å². The highest BCUT2D eigenvalue weighted by molar-refractivity contribution is 6.07. The Kier molecular flexibility index (Phi) is 37.7. The summed E-state index contributed by atoms with van der Waals surface area (Å²) in [5, 5.41) is 59.6.